The summed E-state index contributed by atoms with van der Waals surface area (Å²) in [6.07, 6.45) is 6.96. The van der Waals surface area contributed by atoms with Gasteiger partial charge in [-0.1, -0.05) is 39.0 Å². The molecular weight excluding hydrogens is 676 g/mol. The van der Waals surface area contributed by atoms with E-state index in [-0.39, 0.29) is 26.1 Å². The van der Waals surface area contributed by atoms with Gasteiger partial charge in [0.05, 0.1) is 145 Å². The summed E-state index contributed by atoms with van der Waals surface area (Å²) < 4.78 is 64.8. The molecule has 0 aromatic heterocycles. The van der Waals surface area contributed by atoms with Crippen LogP contribution < -0.4 is 0 Å². The van der Waals surface area contributed by atoms with E-state index in [1.165, 1.54) is 32.1 Å². The summed E-state index contributed by atoms with van der Waals surface area (Å²) in [5.41, 5.74) is 0. The first-order valence-electron chi connectivity index (χ1n) is 18.3. The van der Waals surface area contributed by atoms with Crippen LogP contribution in [-0.2, 0) is 71.2 Å². The molecule has 51 heavy (non-hydrogen) atoms. The Morgan fingerprint density at radius 3 is 0.941 bits per heavy atom. The molecule has 0 saturated carbocycles. The predicted molar refractivity (Wildman–Crippen MR) is 185 cm³/mol. The molecule has 0 aliphatic heterocycles. The van der Waals surface area contributed by atoms with Crippen molar-refractivity contribution in [1.82, 2.24) is 0 Å². The lowest BCUT2D eigenvalue weighted by molar-refractivity contribution is -0.151. The van der Waals surface area contributed by atoms with Crippen LogP contribution in [0.1, 0.15) is 58.3 Å². The van der Waals surface area contributed by atoms with Crippen LogP contribution in [0.3, 0.4) is 0 Å². The van der Waals surface area contributed by atoms with Gasteiger partial charge < -0.3 is 61.9 Å². The summed E-state index contributed by atoms with van der Waals surface area (Å²) in [5.74, 6) is -3.23. The van der Waals surface area contributed by atoms with Crippen molar-refractivity contribution in [2.75, 3.05) is 152 Å². The van der Waals surface area contributed by atoms with Gasteiger partial charge in [-0.25, -0.2) is 4.79 Å². The van der Waals surface area contributed by atoms with Gasteiger partial charge in [0, 0.05) is 13.0 Å². The molecular formula is C35H66O16. The predicted octanol–water partition coefficient (Wildman–Crippen LogP) is 2.51. The van der Waals surface area contributed by atoms with Crippen molar-refractivity contribution in [3.63, 3.8) is 0 Å². The number of carbonyl (C=O) groups excluding carboxylic acids is 2. The molecule has 0 aliphatic carbocycles. The highest BCUT2D eigenvalue weighted by atomic mass is 16.6. The number of esters is 1. The van der Waals surface area contributed by atoms with Gasteiger partial charge in [-0.15, -0.1) is 0 Å². The van der Waals surface area contributed by atoms with E-state index in [2.05, 4.69) is 6.92 Å². The highest BCUT2D eigenvalue weighted by Gasteiger charge is 2.14. The van der Waals surface area contributed by atoms with Crippen molar-refractivity contribution in [1.29, 1.82) is 0 Å². The standard InChI is InChI=1S/C35H66O16/c1-2-3-4-5-6-7-10-40-11-12-41-13-14-42-15-16-43-17-18-44-19-20-45-21-22-46-23-24-47-25-26-48-27-28-49-29-30-50-31-32-51-34(37)9-8-33(36)35(38)39/h2-32H2,1H3,(H,38,39). The second kappa shape index (κ2) is 42.6. The Hall–Kier alpha value is -1.83. The summed E-state index contributed by atoms with van der Waals surface area (Å²) in [4.78, 5) is 32.7. The van der Waals surface area contributed by atoms with Gasteiger partial charge in [0.2, 0.25) is 5.78 Å². The van der Waals surface area contributed by atoms with Gasteiger partial charge in [0.25, 0.3) is 0 Å². The third kappa shape index (κ3) is 42.5. The lowest BCUT2D eigenvalue weighted by atomic mass is 10.1. The largest absolute Gasteiger partial charge is 0.476 e. The molecule has 0 saturated heterocycles. The Kier molecular flexibility index (Phi) is 41.1. The zero-order valence-electron chi connectivity index (χ0n) is 31.0. The van der Waals surface area contributed by atoms with Crippen LogP contribution in [0.5, 0.6) is 0 Å². The quantitative estimate of drug-likeness (QED) is 0.0546. The molecule has 0 spiro atoms. The van der Waals surface area contributed by atoms with Crippen molar-refractivity contribution >= 4 is 17.7 Å². The normalized spacial score (nSPS) is 11.3. The zero-order chi connectivity index (χ0) is 37.1. The average molecular weight is 743 g/mol. The Morgan fingerprint density at radius 1 is 0.353 bits per heavy atom. The van der Waals surface area contributed by atoms with E-state index < -0.39 is 17.7 Å². The van der Waals surface area contributed by atoms with Crippen LogP contribution in [-0.4, -0.2) is 175 Å². The Bertz CT molecular complexity index is 757. The summed E-state index contributed by atoms with van der Waals surface area (Å²) in [6, 6.07) is 0. The molecule has 0 atom stereocenters. The molecule has 0 unspecified atom stereocenters. The Morgan fingerprint density at radius 2 is 0.627 bits per heavy atom. The molecule has 16 heteroatoms. The van der Waals surface area contributed by atoms with Crippen LogP contribution in [0.2, 0.25) is 0 Å². The molecule has 0 bridgehead atoms. The fraction of sp³-hybridized carbons (Fsp3) is 0.914. The molecule has 0 rings (SSSR count). The molecule has 0 heterocycles. The molecule has 16 nitrogen and oxygen atoms in total. The van der Waals surface area contributed by atoms with Gasteiger partial charge in [0.1, 0.15) is 6.61 Å². The number of hydrogen-bond acceptors (Lipinski definition) is 15. The van der Waals surface area contributed by atoms with Gasteiger partial charge in [-0.2, -0.15) is 0 Å². The highest BCUT2D eigenvalue weighted by Crippen LogP contribution is 2.04. The third-order valence-electron chi connectivity index (χ3n) is 6.65. The van der Waals surface area contributed by atoms with Crippen LogP contribution in [0.25, 0.3) is 0 Å². The Labute approximate surface area is 304 Å². The minimum Gasteiger partial charge on any atom is -0.476 e. The lowest BCUT2D eigenvalue weighted by Gasteiger charge is -2.09. The van der Waals surface area contributed by atoms with Crippen molar-refractivity contribution in [3.05, 3.63) is 0 Å². The smallest absolute Gasteiger partial charge is 0.372 e. The summed E-state index contributed by atoms with van der Waals surface area (Å²) >= 11 is 0. The first kappa shape index (κ1) is 49.2. The van der Waals surface area contributed by atoms with Gasteiger partial charge in [-0.3, -0.25) is 9.59 Å². The maximum Gasteiger partial charge on any atom is 0.372 e. The number of ether oxygens (including phenoxy) is 12. The molecule has 0 aliphatic rings. The minimum absolute atomic E-state index is 0.0147. The minimum atomic E-state index is -1.56. The van der Waals surface area contributed by atoms with E-state index in [9.17, 15) is 14.4 Å². The molecule has 0 fully saturated rings. The van der Waals surface area contributed by atoms with Gasteiger partial charge in [0.15, 0.2) is 0 Å². The van der Waals surface area contributed by atoms with Crippen LogP contribution in [0.4, 0.5) is 0 Å². The molecule has 0 amide bonds. The molecule has 0 radical (unpaired) electrons. The van der Waals surface area contributed by atoms with E-state index in [0.717, 1.165) is 13.0 Å². The fourth-order valence-electron chi connectivity index (χ4n) is 3.89. The van der Waals surface area contributed by atoms with Crippen molar-refractivity contribution < 1.29 is 76.3 Å². The lowest BCUT2D eigenvalue weighted by Crippen LogP contribution is -2.17. The van der Waals surface area contributed by atoms with E-state index in [4.69, 9.17) is 61.9 Å². The van der Waals surface area contributed by atoms with Crippen LogP contribution in [0.15, 0.2) is 0 Å². The number of ketones is 1. The van der Waals surface area contributed by atoms with Crippen molar-refractivity contribution in [2.24, 2.45) is 0 Å². The maximum atomic E-state index is 11.4. The van der Waals surface area contributed by atoms with E-state index >= 15 is 0 Å². The molecule has 1 N–H and O–H groups in total. The zero-order valence-corrected chi connectivity index (χ0v) is 31.0. The number of rotatable bonds is 44. The summed E-state index contributed by atoms with van der Waals surface area (Å²) in [7, 11) is 0. The van der Waals surface area contributed by atoms with Crippen LogP contribution in [0, 0.1) is 0 Å². The first-order valence-corrected chi connectivity index (χ1v) is 18.3. The maximum absolute atomic E-state index is 11.4. The fourth-order valence-corrected chi connectivity index (χ4v) is 3.89. The van der Waals surface area contributed by atoms with E-state index in [1.54, 1.807) is 0 Å². The number of unbranched alkanes of at least 4 members (excludes halogenated alkanes) is 5. The third-order valence-corrected chi connectivity index (χ3v) is 6.65. The highest BCUT2D eigenvalue weighted by molar-refractivity contribution is 6.32. The summed E-state index contributed by atoms with van der Waals surface area (Å²) in [5, 5.41) is 8.45. The molecule has 0 aromatic carbocycles. The van der Waals surface area contributed by atoms with E-state index in [0.29, 0.717) is 132 Å². The van der Waals surface area contributed by atoms with E-state index in [1.807, 2.05) is 0 Å². The first-order chi connectivity index (χ1) is 25.1. The average Bonchev–Trinajstić information content (AvgIpc) is 3.13. The monoisotopic (exact) mass is 742 g/mol. The molecule has 0 aromatic rings. The number of Topliss-reactive ketones (excluding diaryl/α,β-unsaturated/α-hetero) is 1. The second-order valence-corrected chi connectivity index (χ2v) is 11.0. The number of aliphatic carboxylic acids is 1. The van der Waals surface area contributed by atoms with Gasteiger partial charge >= 0.3 is 11.9 Å². The van der Waals surface area contributed by atoms with Gasteiger partial charge in [-0.05, 0) is 6.42 Å². The summed E-state index contributed by atoms with van der Waals surface area (Å²) in [6.45, 7) is 12.9. The number of carbonyl (C=O) groups is 3. The SMILES string of the molecule is CCCCCCCCOCCOCCOCCOCCOCCOCCOCCOCCOCCOCCOCCOC(=O)CCC(=O)C(=O)O. The van der Waals surface area contributed by atoms with Crippen molar-refractivity contribution in [3.8, 4) is 0 Å². The Balaban J connectivity index is 3.11. The number of carboxylic acids is 1. The number of hydrogen-bond donors (Lipinski definition) is 1. The molecule has 302 valence electrons. The van der Waals surface area contributed by atoms with Crippen molar-refractivity contribution in [2.45, 2.75) is 58.3 Å². The van der Waals surface area contributed by atoms with Crippen LogP contribution >= 0.6 is 0 Å². The second-order valence-electron chi connectivity index (χ2n) is 11.0. The topological polar surface area (TPSA) is 182 Å². The number of carboxylic acid groups (broad SMARTS) is 1.